The van der Waals surface area contributed by atoms with E-state index in [2.05, 4.69) is 26.1 Å². The summed E-state index contributed by atoms with van der Waals surface area (Å²) in [5.74, 6) is 0.588. The van der Waals surface area contributed by atoms with Gasteiger partial charge in [-0.2, -0.15) is 0 Å². The lowest BCUT2D eigenvalue weighted by Crippen LogP contribution is -2.27. The summed E-state index contributed by atoms with van der Waals surface area (Å²) in [6.07, 6.45) is 4.10. The van der Waals surface area contributed by atoms with Gasteiger partial charge in [0.1, 0.15) is 5.82 Å². The summed E-state index contributed by atoms with van der Waals surface area (Å²) in [4.78, 5) is 2.63. The number of likely N-dealkylation sites (tertiary alicyclic amines) is 1. The van der Waals surface area contributed by atoms with Gasteiger partial charge in [-0.05, 0) is 62.0 Å². The summed E-state index contributed by atoms with van der Waals surface area (Å²) in [5.41, 5.74) is 1.00. The summed E-state index contributed by atoms with van der Waals surface area (Å²) < 4.78 is 14.0. The van der Waals surface area contributed by atoms with Crippen LogP contribution in [0.15, 0.2) is 22.7 Å². The average molecular weight is 327 g/mol. The monoisotopic (exact) mass is 326 g/mol. The van der Waals surface area contributed by atoms with Gasteiger partial charge in [0.2, 0.25) is 0 Å². The predicted octanol–water partition coefficient (Wildman–Crippen LogP) is 3.16. The van der Waals surface area contributed by atoms with Gasteiger partial charge in [0.15, 0.2) is 0 Å². The third kappa shape index (κ3) is 3.77. The molecule has 1 aromatic rings. The van der Waals surface area contributed by atoms with Crippen molar-refractivity contribution < 1.29 is 4.39 Å². The molecule has 1 atom stereocenters. The Morgan fingerprint density at radius 1 is 1.26 bits per heavy atom. The maximum Gasteiger partial charge on any atom is 0.124 e. The first-order valence-corrected chi connectivity index (χ1v) is 7.90. The van der Waals surface area contributed by atoms with Crippen LogP contribution in [-0.4, -0.2) is 30.6 Å². The third-order valence-electron chi connectivity index (χ3n) is 4.07. The van der Waals surface area contributed by atoms with Gasteiger partial charge in [-0.1, -0.05) is 15.9 Å². The van der Waals surface area contributed by atoms with E-state index < -0.39 is 0 Å². The molecule has 1 saturated heterocycles. The van der Waals surface area contributed by atoms with Crippen LogP contribution in [-0.2, 0) is 6.54 Å². The molecule has 2 nitrogen and oxygen atoms in total. The summed E-state index contributed by atoms with van der Waals surface area (Å²) in [7, 11) is 0. The predicted molar refractivity (Wildman–Crippen MR) is 78.5 cm³/mol. The largest absolute Gasteiger partial charge is 0.312 e. The Labute approximate surface area is 122 Å². The topological polar surface area (TPSA) is 15.3 Å². The van der Waals surface area contributed by atoms with E-state index >= 15 is 0 Å². The minimum atomic E-state index is -0.174. The van der Waals surface area contributed by atoms with Gasteiger partial charge in [0.25, 0.3) is 0 Å². The second-order valence-corrected chi connectivity index (χ2v) is 6.71. The minimum Gasteiger partial charge on any atom is -0.312 e. The smallest absolute Gasteiger partial charge is 0.124 e. The molecule has 2 aliphatic rings. The molecule has 0 spiro atoms. The Kier molecular flexibility index (Phi) is 4.20. The summed E-state index contributed by atoms with van der Waals surface area (Å²) in [6.45, 7) is 4.29. The zero-order valence-electron chi connectivity index (χ0n) is 11.0. The zero-order valence-corrected chi connectivity index (χ0v) is 12.6. The lowest BCUT2D eigenvalue weighted by atomic mass is 10.1. The van der Waals surface area contributed by atoms with E-state index in [-0.39, 0.29) is 5.82 Å². The minimum absolute atomic E-state index is 0.174. The van der Waals surface area contributed by atoms with Crippen molar-refractivity contribution in [2.75, 3.05) is 19.6 Å². The number of nitrogens with zero attached hydrogens (tertiary/aromatic N) is 1. The van der Waals surface area contributed by atoms with Crippen LogP contribution in [0, 0.1) is 11.7 Å². The van der Waals surface area contributed by atoms with Crippen LogP contribution < -0.4 is 5.32 Å². The van der Waals surface area contributed by atoms with Crippen molar-refractivity contribution >= 4 is 15.9 Å². The molecule has 104 valence electrons. The maximum atomic E-state index is 13.2. The summed E-state index contributed by atoms with van der Waals surface area (Å²) in [5, 5.41) is 3.46. The fourth-order valence-corrected chi connectivity index (χ4v) is 3.45. The van der Waals surface area contributed by atoms with Gasteiger partial charge < -0.3 is 10.2 Å². The Morgan fingerprint density at radius 3 is 2.84 bits per heavy atom. The van der Waals surface area contributed by atoms with Crippen molar-refractivity contribution in [3.05, 3.63) is 34.1 Å². The molecule has 19 heavy (non-hydrogen) atoms. The lowest BCUT2D eigenvalue weighted by molar-refractivity contribution is 0.312. The van der Waals surface area contributed by atoms with Crippen molar-refractivity contribution in [2.24, 2.45) is 5.92 Å². The first kappa shape index (κ1) is 13.5. The highest BCUT2D eigenvalue weighted by atomic mass is 79.9. The highest BCUT2D eigenvalue weighted by molar-refractivity contribution is 9.10. The molecule has 0 bridgehead atoms. The zero-order chi connectivity index (χ0) is 13.2. The van der Waals surface area contributed by atoms with Gasteiger partial charge >= 0.3 is 0 Å². The van der Waals surface area contributed by atoms with Crippen LogP contribution in [0.5, 0.6) is 0 Å². The fraction of sp³-hybridized carbons (Fsp3) is 0.600. The Morgan fingerprint density at radius 2 is 2.11 bits per heavy atom. The summed E-state index contributed by atoms with van der Waals surface area (Å²) >= 11 is 3.33. The SMILES string of the molecule is Fc1cc(Br)cc(CNCC2CCN(C3CC3)C2)c1. The first-order chi connectivity index (χ1) is 9.20. The second kappa shape index (κ2) is 5.90. The number of rotatable bonds is 5. The summed E-state index contributed by atoms with van der Waals surface area (Å²) in [6, 6.07) is 5.96. The third-order valence-corrected chi connectivity index (χ3v) is 4.52. The van der Waals surface area contributed by atoms with Crippen LogP contribution in [0.1, 0.15) is 24.8 Å². The molecule has 4 heteroatoms. The molecule has 2 fully saturated rings. The second-order valence-electron chi connectivity index (χ2n) is 5.79. The number of hydrogen-bond acceptors (Lipinski definition) is 2. The maximum absolute atomic E-state index is 13.2. The molecule has 1 aliphatic carbocycles. The van der Waals surface area contributed by atoms with Crippen LogP contribution in [0.2, 0.25) is 0 Å². The Bertz CT molecular complexity index is 428. The van der Waals surface area contributed by atoms with Crippen molar-refractivity contribution in [1.82, 2.24) is 10.2 Å². The van der Waals surface area contributed by atoms with Crippen molar-refractivity contribution in [3.63, 3.8) is 0 Å². The van der Waals surface area contributed by atoms with Gasteiger partial charge in [0.05, 0.1) is 0 Å². The highest BCUT2D eigenvalue weighted by Crippen LogP contribution is 2.31. The molecule has 3 rings (SSSR count). The fourth-order valence-electron chi connectivity index (χ4n) is 2.93. The van der Waals surface area contributed by atoms with Crippen LogP contribution in [0.25, 0.3) is 0 Å². The van der Waals surface area contributed by atoms with E-state index in [1.54, 1.807) is 6.07 Å². The van der Waals surface area contributed by atoms with E-state index in [4.69, 9.17) is 0 Å². The molecule has 1 aromatic carbocycles. The molecular weight excluding hydrogens is 307 g/mol. The molecule has 0 radical (unpaired) electrons. The molecular formula is C15H20BrFN2. The molecule has 0 aromatic heterocycles. The molecule has 1 unspecified atom stereocenters. The van der Waals surface area contributed by atoms with Gasteiger partial charge in [-0.15, -0.1) is 0 Å². The van der Waals surface area contributed by atoms with E-state index in [9.17, 15) is 4.39 Å². The quantitative estimate of drug-likeness (QED) is 0.894. The van der Waals surface area contributed by atoms with Gasteiger partial charge in [-0.3, -0.25) is 0 Å². The molecule has 1 saturated carbocycles. The highest BCUT2D eigenvalue weighted by Gasteiger charge is 2.33. The number of hydrogen-bond donors (Lipinski definition) is 1. The normalized spacial score (nSPS) is 24.0. The average Bonchev–Trinajstić information content (AvgIpc) is 3.09. The van der Waals surface area contributed by atoms with E-state index in [1.807, 2.05) is 6.07 Å². The van der Waals surface area contributed by atoms with Gasteiger partial charge in [-0.25, -0.2) is 4.39 Å². The Hall–Kier alpha value is -0.450. The first-order valence-electron chi connectivity index (χ1n) is 7.10. The number of halogens is 2. The number of benzene rings is 1. The van der Waals surface area contributed by atoms with Crippen molar-refractivity contribution in [1.29, 1.82) is 0 Å². The molecule has 0 amide bonds. The van der Waals surface area contributed by atoms with E-state index in [1.165, 1.54) is 38.4 Å². The molecule has 1 heterocycles. The number of nitrogens with one attached hydrogen (secondary N) is 1. The van der Waals surface area contributed by atoms with Crippen LogP contribution >= 0.6 is 15.9 Å². The van der Waals surface area contributed by atoms with Gasteiger partial charge in [0, 0.05) is 23.6 Å². The van der Waals surface area contributed by atoms with Crippen LogP contribution in [0.4, 0.5) is 4.39 Å². The van der Waals surface area contributed by atoms with Crippen molar-refractivity contribution in [3.8, 4) is 0 Å². The molecule has 1 N–H and O–H groups in total. The molecule has 1 aliphatic heterocycles. The lowest BCUT2D eigenvalue weighted by Gasteiger charge is -2.15. The van der Waals surface area contributed by atoms with E-state index in [0.717, 1.165) is 35.1 Å². The van der Waals surface area contributed by atoms with Crippen LogP contribution in [0.3, 0.4) is 0 Å². The van der Waals surface area contributed by atoms with E-state index in [0.29, 0.717) is 0 Å². The Balaban J connectivity index is 1.43. The van der Waals surface area contributed by atoms with Crippen molar-refractivity contribution in [2.45, 2.75) is 31.8 Å². The standard InChI is InChI=1S/C15H20BrFN2/c16-13-5-12(6-14(17)7-13)9-18-8-11-3-4-19(10-11)15-1-2-15/h5-7,11,15,18H,1-4,8-10H2.